The first-order chi connectivity index (χ1) is 41.8. The van der Waals surface area contributed by atoms with Gasteiger partial charge in [0.25, 0.3) is 0 Å². The zero-order valence-corrected chi connectivity index (χ0v) is 58.3. The highest BCUT2D eigenvalue weighted by atomic mass is 31.2. The molecule has 0 aliphatic rings. The molecule has 6 atom stereocenters. The van der Waals surface area contributed by atoms with Gasteiger partial charge in [-0.1, -0.05) is 286 Å². The van der Waals surface area contributed by atoms with Crippen molar-refractivity contribution in [2.24, 2.45) is 17.8 Å². The fraction of sp³-hybridized carbons (Fsp3) is 0.941. The van der Waals surface area contributed by atoms with Gasteiger partial charge >= 0.3 is 39.5 Å². The van der Waals surface area contributed by atoms with Crippen molar-refractivity contribution in [1.29, 1.82) is 0 Å². The highest BCUT2D eigenvalue weighted by Gasteiger charge is 2.30. The Hall–Kier alpha value is -1.94. The summed E-state index contributed by atoms with van der Waals surface area (Å²) in [5, 5.41) is 10.6. The molecule has 0 aromatic rings. The summed E-state index contributed by atoms with van der Waals surface area (Å²) in [7, 11) is -9.90. The Balaban J connectivity index is 5.25. The summed E-state index contributed by atoms with van der Waals surface area (Å²) in [6, 6.07) is 0. The van der Waals surface area contributed by atoms with Crippen LogP contribution in [0.25, 0.3) is 0 Å². The second-order valence-corrected chi connectivity index (χ2v) is 28.7. The van der Waals surface area contributed by atoms with Crippen LogP contribution in [0.4, 0.5) is 0 Å². The minimum absolute atomic E-state index is 0.102. The molecule has 0 radical (unpaired) electrons. The minimum atomic E-state index is -4.95. The molecular weight excluding hydrogens is 1150 g/mol. The van der Waals surface area contributed by atoms with E-state index in [-0.39, 0.29) is 25.7 Å². The Morgan fingerprint density at radius 1 is 0.333 bits per heavy atom. The van der Waals surface area contributed by atoms with E-state index in [9.17, 15) is 43.2 Å². The van der Waals surface area contributed by atoms with Crippen molar-refractivity contribution < 1.29 is 80.2 Å². The summed E-state index contributed by atoms with van der Waals surface area (Å²) >= 11 is 0. The highest BCUT2D eigenvalue weighted by Crippen LogP contribution is 2.45. The number of unbranched alkanes of at least 4 members (excludes halogenated alkanes) is 33. The number of rotatable bonds is 66. The lowest BCUT2D eigenvalue weighted by molar-refractivity contribution is -0.161. The fourth-order valence-electron chi connectivity index (χ4n) is 10.2. The van der Waals surface area contributed by atoms with Gasteiger partial charge in [-0.05, 0) is 43.4 Å². The molecule has 87 heavy (non-hydrogen) atoms. The lowest BCUT2D eigenvalue weighted by Crippen LogP contribution is -2.30. The molecule has 3 unspecified atom stereocenters. The van der Waals surface area contributed by atoms with Crippen molar-refractivity contribution in [1.82, 2.24) is 0 Å². The van der Waals surface area contributed by atoms with E-state index in [1.165, 1.54) is 141 Å². The second-order valence-electron chi connectivity index (χ2n) is 25.8. The molecular formula is C68H132O17P2. The Labute approximate surface area is 530 Å². The summed E-state index contributed by atoms with van der Waals surface area (Å²) in [6.07, 6.45) is 41.7. The Morgan fingerprint density at radius 3 is 0.874 bits per heavy atom. The van der Waals surface area contributed by atoms with Gasteiger partial charge in [-0.3, -0.25) is 37.3 Å². The van der Waals surface area contributed by atoms with Gasteiger partial charge in [0, 0.05) is 25.7 Å². The van der Waals surface area contributed by atoms with E-state index in [0.717, 1.165) is 102 Å². The van der Waals surface area contributed by atoms with E-state index < -0.39 is 97.5 Å². The zero-order chi connectivity index (χ0) is 64.5. The van der Waals surface area contributed by atoms with E-state index in [4.69, 9.17) is 37.0 Å². The van der Waals surface area contributed by atoms with E-state index in [1.807, 2.05) is 0 Å². The van der Waals surface area contributed by atoms with Gasteiger partial charge in [0.2, 0.25) is 0 Å². The monoisotopic (exact) mass is 1280 g/mol. The third-order valence-electron chi connectivity index (χ3n) is 16.0. The normalized spacial score (nSPS) is 14.6. The summed E-state index contributed by atoms with van der Waals surface area (Å²) in [5.74, 6) is 0.0724. The maximum Gasteiger partial charge on any atom is 0.472 e. The summed E-state index contributed by atoms with van der Waals surface area (Å²) < 4.78 is 68.2. The number of hydrogen-bond donors (Lipinski definition) is 3. The molecule has 0 fully saturated rings. The number of esters is 4. The molecule has 0 heterocycles. The molecule has 19 heteroatoms. The largest absolute Gasteiger partial charge is 0.472 e. The van der Waals surface area contributed by atoms with Crippen molar-refractivity contribution >= 4 is 39.5 Å². The van der Waals surface area contributed by atoms with Gasteiger partial charge in [-0.2, -0.15) is 0 Å². The van der Waals surface area contributed by atoms with E-state index >= 15 is 0 Å². The minimum Gasteiger partial charge on any atom is -0.462 e. The molecule has 0 saturated heterocycles. The maximum absolute atomic E-state index is 13.0. The first-order valence-corrected chi connectivity index (χ1v) is 38.4. The quantitative estimate of drug-likeness (QED) is 0.0222. The van der Waals surface area contributed by atoms with Gasteiger partial charge in [0.1, 0.15) is 19.3 Å². The van der Waals surface area contributed by atoms with Crippen molar-refractivity contribution in [3.05, 3.63) is 0 Å². The van der Waals surface area contributed by atoms with E-state index in [0.29, 0.717) is 37.5 Å². The predicted molar refractivity (Wildman–Crippen MR) is 349 cm³/mol. The van der Waals surface area contributed by atoms with Crippen LogP contribution in [0.1, 0.15) is 337 Å². The first-order valence-electron chi connectivity index (χ1n) is 35.4. The van der Waals surface area contributed by atoms with Crippen molar-refractivity contribution in [3.63, 3.8) is 0 Å². The topological polar surface area (TPSA) is 237 Å². The van der Waals surface area contributed by atoms with Crippen molar-refractivity contribution in [2.75, 3.05) is 39.6 Å². The molecule has 17 nitrogen and oxygen atoms in total. The third-order valence-corrected chi connectivity index (χ3v) is 17.9. The van der Waals surface area contributed by atoms with Crippen LogP contribution in [0.5, 0.6) is 0 Å². The molecule has 0 rings (SSSR count). The SMILES string of the molecule is CCCCCCCCCCCCCCCC(=O)OC[C@H](COP(=O)(O)OC[C@@H](O)COP(=O)(O)OC[C@@H](COC(=O)CCCCCCCCCC(C)C)OC(=O)CCCCCCCCCC(C)C)OC(=O)CCCCCCCCCCCCC(C)CC. The Bertz CT molecular complexity index is 1720. The summed E-state index contributed by atoms with van der Waals surface area (Å²) in [5.41, 5.74) is 0. The summed E-state index contributed by atoms with van der Waals surface area (Å²) in [6.45, 7) is 11.7. The molecule has 3 N–H and O–H groups in total. The molecule has 0 aliphatic heterocycles. The number of phosphoric ester groups is 2. The lowest BCUT2D eigenvalue weighted by Gasteiger charge is -2.21. The molecule has 0 saturated carbocycles. The molecule has 0 amide bonds. The van der Waals surface area contributed by atoms with Gasteiger partial charge in [0.05, 0.1) is 26.4 Å². The van der Waals surface area contributed by atoms with Crippen molar-refractivity contribution in [2.45, 2.75) is 356 Å². The zero-order valence-electron chi connectivity index (χ0n) is 56.5. The smallest absolute Gasteiger partial charge is 0.462 e. The predicted octanol–water partition coefficient (Wildman–Crippen LogP) is 19.1. The molecule has 0 aromatic heterocycles. The van der Waals surface area contributed by atoms with Crippen LogP contribution in [0.15, 0.2) is 0 Å². The van der Waals surface area contributed by atoms with Crippen LogP contribution in [-0.4, -0.2) is 96.7 Å². The van der Waals surface area contributed by atoms with E-state index in [1.54, 1.807) is 0 Å². The number of ether oxygens (including phenoxy) is 4. The van der Waals surface area contributed by atoms with Crippen LogP contribution in [-0.2, 0) is 65.4 Å². The number of phosphoric acid groups is 2. The fourth-order valence-corrected chi connectivity index (χ4v) is 11.7. The van der Waals surface area contributed by atoms with E-state index in [2.05, 4.69) is 48.5 Å². The summed E-state index contributed by atoms with van der Waals surface area (Å²) in [4.78, 5) is 72.4. The molecule has 0 bridgehead atoms. The average molecular weight is 1280 g/mol. The van der Waals surface area contributed by atoms with Crippen LogP contribution in [0.2, 0.25) is 0 Å². The van der Waals surface area contributed by atoms with Crippen LogP contribution >= 0.6 is 15.6 Å². The van der Waals surface area contributed by atoms with Gasteiger partial charge in [0.15, 0.2) is 12.2 Å². The van der Waals surface area contributed by atoms with Crippen LogP contribution in [0, 0.1) is 17.8 Å². The number of carbonyl (C=O) groups is 4. The maximum atomic E-state index is 13.0. The molecule has 516 valence electrons. The first kappa shape index (κ1) is 85.1. The van der Waals surface area contributed by atoms with Gasteiger partial charge in [-0.15, -0.1) is 0 Å². The average Bonchev–Trinajstić information content (AvgIpc) is 3.63. The number of aliphatic hydroxyl groups is 1. The number of carbonyl (C=O) groups excluding carboxylic acids is 4. The number of hydrogen-bond acceptors (Lipinski definition) is 15. The standard InChI is InChI=1S/C68H132O17P2/c1-8-10-11-12-13-14-15-16-17-21-28-35-42-49-65(70)78-55-63(84-67(72)51-44-37-29-22-19-18-20-27-34-41-48-61(7)9-2)57-82-86(74,75)80-53-62(69)54-81-87(76,77)83-58-64(85-68(73)52-45-38-31-24-26-33-40-47-60(5)6)56-79-66(71)50-43-36-30-23-25-32-39-46-59(3)4/h59-64,69H,8-58H2,1-7H3,(H,74,75)(H,76,77)/t61?,62-,63-,64-/m1/s1. The third kappa shape index (κ3) is 61.3. The van der Waals surface area contributed by atoms with Crippen LogP contribution in [0.3, 0.4) is 0 Å². The molecule has 0 aromatic carbocycles. The van der Waals surface area contributed by atoms with Crippen LogP contribution < -0.4 is 0 Å². The van der Waals surface area contributed by atoms with Crippen molar-refractivity contribution in [3.8, 4) is 0 Å². The second kappa shape index (κ2) is 59.1. The van der Waals surface area contributed by atoms with Gasteiger partial charge in [-0.25, -0.2) is 9.13 Å². The molecule has 0 aliphatic carbocycles. The molecule has 0 spiro atoms. The Kier molecular flexibility index (Phi) is 57.8. The number of aliphatic hydroxyl groups excluding tert-OH is 1. The highest BCUT2D eigenvalue weighted by molar-refractivity contribution is 7.47. The van der Waals surface area contributed by atoms with Gasteiger partial charge < -0.3 is 33.8 Å². The Morgan fingerprint density at radius 2 is 0.586 bits per heavy atom. The lowest BCUT2D eigenvalue weighted by atomic mass is 9.99.